The average Bonchev–Trinajstić information content (AvgIpc) is 2.80. The van der Waals surface area contributed by atoms with Gasteiger partial charge < -0.3 is 9.73 Å². The molecule has 2 heterocycles. The van der Waals surface area contributed by atoms with Crippen LogP contribution in [0.1, 0.15) is 5.76 Å². The minimum Gasteiger partial charge on any atom is -0.446 e. The number of pyridine rings is 1. The van der Waals surface area contributed by atoms with Gasteiger partial charge in [-0.1, -0.05) is 0 Å². The highest BCUT2D eigenvalue weighted by Gasteiger charge is 2.18. The largest absolute Gasteiger partial charge is 0.446 e. The molecule has 7 heteroatoms. The molecule has 2 aromatic heterocycles. The van der Waals surface area contributed by atoms with Gasteiger partial charge >= 0.3 is 0 Å². The Morgan fingerprint density at radius 2 is 1.94 bits per heavy atom. The average molecular weight is 267 g/mol. The van der Waals surface area contributed by atoms with Crippen molar-refractivity contribution in [2.75, 3.05) is 11.8 Å². The lowest BCUT2D eigenvalue weighted by Gasteiger charge is -2.04. The highest BCUT2D eigenvalue weighted by molar-refractivity contribution is 7.92. The lowest BCUT2D eigenvalue weighted by Crippen LogP contribution is -2.12. The van der Waals surface area contributed by atoms with E-state index < -0.39 is 10.0 Å². The molecule has 0 aromatic carbocycles. The first-order valence-electron chi connectivity index (χ1n) is 5.28. The first-order valence-corrected chi connectivity index (χ1v) is 6.76. The molecule has 0 atom stereocenters. The predicted octanol–water partition coefficient (Wildman–Crippen LogP) is 1.19. The molecule has 18 heavy (non-hydrogen) atoms. The molecule has 0 saturated carbocycles. The first-order chi connectivity index (χ1) is 8.62. The van der Waals surface area contributed by atoms with E-state index >= 15 is 0 Å². The molecule has 0 unspecified atom stereocenters. The molecule has 0 aliphatic rings. The summed E-state index contributed by atoms with van der Waals surface area (Å²) in [5, 5.41) is 2.77. The molecular weight excluding hydrogens is 254 g/mol. The van der Waals surface area contributed by atoms with Crippen LogP contribution in [-0.2, 0) is 16.6 Å². The number of hydrogen-bond acceptors (Lipinski definition) is 5. The van der Waals surface area contributed by atoms with Crippen LogP contribution in [0, 0.1) is 0 Å². The Bertz CT molecular complexity index is 607. The topological polar surface area (TPSA) is 84.2 Å². The van der Waals surface area contributed by atoms with E-state index in [9.17, 15) is 8.42 Å². The van der Waals surface area contributed by atoms with E-state index in [1.807, 2.05) is 0 Å². The van der Waals surface area contributed by atoms with E-state index in [4.69, 9.17) is 4.42 Å². The third-order valence-electron chi connectivity index (χ3n) is 2.19. The summed E-state index contributed by atoms with van der Waals surface area (Å²) in [6.07, 6.45) is 3.01. The second kappa shape index (κ2) is 5.19. The molecule has 2 rings (SSSR count). The minimum absolute atomic E-state index is 0.107. The van der Waals surface area contributed by atoms with E-state index in [-0.39, 0.29) is 5.09 Å². The molecule has 96 valence electrons. The zero-order chi connectivity index (χ0) is 13.0. The number of aromatic nitrogens is 1. The van der Waals surface area contributed by atoms with Gasteiger partial charge in [0.15, 0.2) is 0 Å². The van der Waals surface area contributed by atoms with Gasteiger partial charge in [0, 0.05) is 12.4 Å². The Morgan fingerprint density at radius 1 is 1.22 bits per heavy atom. The van der Waals surface area contributed by atoms with Crippen LogP contribution in [0.25, 0.3) is 0 Å². The van der Waals surface area contributed by atoms with Gasteiger partial charge in [0.2, 0.25) is 5.09 Å². The molecule has 0 aliphatic heterocycles. The number of nitrogens with zero attached hydrogens (tertiary/aromatic N) is 1. The van der Waals surface area contributed by atoms with Crippen LogP contribution in [0.5, 0.6) is 0 Å². The highest BCUT2D eigenvalue weighted by Crippen LogP contribution is 2.17. The number of rotatable bonds is 5. The lowest BCUT2D eigenvalue weighted by molar-refractivity contribution is 0.408. The Labute approximate surface area is 105 Å². The molecular formula is C11H13N3O3S. The fourth-order valence-corrected chi connectivity index (χ4v) is 2.41. The molecule has 0 fully saturated rings. The van der Waals surface area contributed by atoms with Crippen LogP contribution in [0.15, 0.2) is 46.2 Å². The predicted molar refractivity (Wildman–Crippen MR) is 66.5 cm³/mol. The van der Waals surface area contributed by atoms with Crippen molar-refractivity contribution < 1.29 is 12.8 Å². The SMILES string of the molecule is CNCc1ccc(S(=O)(=O)Nc2ccncc2)o1. The van der Waals surface area contributed by atoms with Crippen LogP contribution < -0.4 is 10.0 Å². The van der Waals surface area contributed by atoms with Crippen molar-refractivity contribution in [2.45, 2.75) is 11.6 Å². The van der Waals surface area contributed by atoms with Gasteiger partial charge in [-0.2, -0.15) is 8.42 Å². The number of hydrogen-bond donors (Lipinski definition) is 2. The maximum Gasteiger partial charge on any atom is 0.295 e. The van der Waals surface area contributed by atoms with Crippen LogP contribution in [-0.4, -0.2) is 20.4 Å². The monoisotopic (exact) mass is 267 g/mol. The molecule has 2 aromatic rings. The summed E-state index contributed by atoms with van der Waals surface area (Å²) in [5.41, 5.74) is 0.441. The van der Waals surface area contributed by atoms with Gasteiger partial charge in [-0.15, -0.1) is 0 Å². The Hall–Kier alpha value is -1.86. The smallest absolute Gasteiger partial charge is 0.295 e. The van der Waals surface area contributed by atoms with Crippen LogP contribution in [0.3, 0.4) is 0 Å². The normalized spacial score (nSPS) is 11.4. The second-order valence-electron chi connectivity index (χ2n) is 3.59. The van der Waals surface area contributed by atoms with Gasteiger partial charge in [-0.3, -0.25) is 9.71 Å². The van der Waals surface area contributed by atoms with E-state index in [0.717, 1.165) is 0 Å². The number of nitrogens with one attached hydrogen (secondary N) is 2. The van der Waals surface area contributed by atoms with Gasteiger partial charge in [0.25, 0.3) is 10.0 Å². The fourth-order valence-electron chi connectivity index (χ4n) is 1.40. The molecule has 6 nitrogen and oxygen atoms in total. The molecule has 2 N–H and O–H groups in total. The third-order valence-corrected chi connectivity index (χ3v) is 3.44. The summed E-state index contributed by atoms with van der Waals surface area (Å²) < 4.78 is 31.6. The van der Waals surface area contributed by atoms with Gasteiger partial charge in [0.05, 0.1) is 12.2 Å². The summed E-state index contributed by atoms with van der Waals surface area (Å²) in [6, 6.07) is 6.18. The van der Waals surface area contributed by atoms with Gasteiger partial charge in [-0.05, 0) is 31.3 Å². The number of sulfonamides is 1. The Kier molecular flexibility index (Phi) is 3.63. The maximum absolute atomic E-state index is 12.0. The molecule has 0 aliphatic carbocycles. The van der Waals surface area contributed by atoms with Crippen molar-refractivity contribution in [3.8, 4) is 0 Å². The molecule has 0 bridgehead atoms. The van der Waals surface area contributed by atoms with E-state index in [1.165, 1.54) is 18.5 Å². The molecule has 0 radical (unpaired) electrons. The summed E-state index contributed by atoms with van der Waals surface area (Å²) in [4.78, 5) is 3.81. The van der Waals surface area contributed by atoms with Crippen molar-refractivity contribution in [1.29, 1.82) is 0 Å². The first kappa shape index (κ1) is 12.6. The number of furan rings is 1. The van der Waals surface area contributed by atoms with Crippen molar-refractivity contribution in [1.82, 2.24) is 10.3 Å². The van der Waals surface area contributed by atoms with E-state index in [2.05, 4.69) is 15.0 Å². The quantitative estimate of drug-likeness (QED) is 0.850. The van der Waals surface area contributed by atoms with Crippen molar-refractivity contribution in [3.05, 3.63) is 42.4 Å². The number of anilines is 1. The summed E-state index contributed by atoms with van der Waals surface area (Å²) in [6.45, 7) is 0.477. The summed E-state index contributed by atoms with van der Waals surface area (Å²) >= 11 is 0. The van der Waals surface area contributed by atoms with Crippen LogP contribution >= 0.6 is 0 Å². The maximum atomic E-state index is 12.0. The Balaban J connectivity index is 2.20. The molecule has 0 saturated heterocycles. The fraction of sp³-hybridized carbons (Fsp3) is 0.182. The van der Waals surface area contributed by atoms with Crippen LogP contribution in [0.4, 0.5) is 5.69 Å². The minimum atomic E-state index is -3.68. The van der Waals surface area contributed by atoms with Crippen LogP contribution in [0.2, 0.25) is 0 Å². The Morgan fingerprint density at radius 3 is 2.61 bits per heavy atom. The van der Waals surface area contributed by atoms with E-state index in [0.29, 0.717) is 18.0 Å². The highest BCUT2D eigenvalue weighted by atomic mass is 32.2. The molecule has 0 spiro atoms. The summed E-state index contributed by atoms with van der Waals surface area (Å²) in [7, 11) is -1.93. The lowest BCUT2D eigenvalue weighted by atomic mass is 10.4. The zero-order valence-electron chi connectivity index (χ0n) is 9.75. The summed E-state index contributed by atoms with van der Waals surface area (Å²) in [5.74, 6) is 0.563. The standard InChI is InChI=1S/C11H13N3O3S/c1-12-8-10-2-3-11(17-10)18(15,16)14-9-4-6-13-7-5-9/h2-7,12H,8H2,1H3,(H,13,14). The van der Waals surface area contributed by atoms with E-state index in [1.54, 1.807) is 25.2 Å². The van der Waals surface area contributed by atoms with Gasteiger partial charge in [0.1, 0.15) is 5.76 Å². The second-order valence-corrected chi connectivity index (χ2v) is 5.21. The van der Waals surface area contributed by atoms with Gasteiger partial charge in [-0.25, -0.2) is 0 Å². The van der Waals surface area contributed by atoms with Crippen molar-refractivity contribution in [2.24, 2.45) is 0 Å². The zero-order valence-corrected chi connectivity index (χ0v) is 10.6. The van der Waals surface area contributed by atoms with Crippen molar-refractivity contribution in [3.63, 3.8) is 0 Å². The third kappa shape index (κ3) is 2.88. The van der Waals surface area contributed by atoms with Crippen molar-refractivity contribution >= 4 is 15.7 Å². The molecule has 0 amide bonds.